The summed E-state index contributed by atoms with van der Waals surface area (Å²) in [5.41, 5.74) is 0. The minimum Gasteiger partial charge on any atom is -0.315 e. The van der Waals surface area contributed by atoms with Gasteiger partial charge < -0.3 is 4.90 Å². The van der Waals surface area contributed by atoms with Gasteiger partial charge in [-0.15, -0.1) is 0 Å². The van der Waals surface area contributed by atoms with Crippen molar-refractivity contribution >= 4 is 11.7 Å². The van der Waals surface area contributed by atoms with Gasteiger partial charge in [0.25, 0.3) is 0 Å². The first-order valence-corrected chi connectivity index (χ1v) is 3.79. The van der Waals surface area contributed by atoms with E-state index in [1.165, 1.54) is 6.08 Å². The fourth-order valence-corrected chi connectivity index (χ4v) is 1.63. The highest BCUT2D eigenvalue weighted by Gasteiger charge is 2.32. The molecule has 2 rings (SSSR count). The van der Waals surface area contributed by atoms with E-state index in [0.717, 1.165) is 6.42 Å². The van der Waals surface area contributed by atoms with Crippen molar-refractivity contribution < 1.29 is 9.59 Å². The van der Waals surface area contributed by atoms with Crippen molar-refractivity contribution in [2.24, 2.45) is 0 Å². The molecule has 0 unspecified atom stereocenters. The number of hydrogen-bond acceptors (Lipinski definition) is 2. The van der Waals surface area contributed by atoms with E-state index < -0.39 is 0 Å². The van der Waals surface area contributed by atoms with Gasteiger partial charge >= 0.3 is 0 Å². The lowest BCUT2D eigenvalue weighted by molar-refractivity contribution is -0.127. The number of rotatable bonds is 0. The summed E-state index contributed by atoms with van der Waals surface area (Å²) < 4.78 is 0. The lowest BCUT2D eigenvalue weighted by atomic mass is 10.1. The van der Waals surface area contributed by atoms with E-state index >= 15 is 0 Å². The van der Waals surface area contributed by atoms with Gasteiger partial charge in [0.1, 0.15) is 0 Å². The second kappa shape index (κ2) is 2.19. The maximum absolute atomic E-state index is 11.1. The molecule has 1 fully saturated rings. The van der Waals surface area contributed by atoms with Gasteiger partial charge in [0.15, 0.2) is 5.78 Å². The van der Waals surface area contributed by atoms with Crippen molar-refractivity contribution in [1.29, 1.82) is 0 Å². The first-order valence-electron chi connectivity index (χ1n) is 3.79. The van der Waals surface area contributed by atoms with E-state index in [4.69, 9.17) is 0 Å². The molecule has 1 atom stereocenters. The second-order valence-electron chi connectivity index (χ2n) is 2.98. The molecule has 58 valence electrons. The van der Waals surface area contributed by atoms with Crippen molar-refractivity contribution in [2.45, 2.75) is 25.3 Å². The van der Waals surface area contributed by atoms with Crippen LogP contribution >= 0.6 is 0 Å². The Kier molecular flexibility index (Phi) is 1.31. The summed E-state index contributed by atoms with van der Waals surface area (Å²) in [5.74, 6) is 0.291. The highest BCUT2D eigenvalue weighted by Crippen LogP contribution is 2.24. The molecule has 0 aromatic rings. The highest BCUT2D eigenvalue weighted by atomic mass is 16.2. The predicted octanol–water partition coefficient (Wildman–Crippen LogP) is 0.464. The molecule has 2 aliphatic rings. The molecule has 0 aliphatic carbocycles. The first kappa shape index (κ1) is 6.58. The van der Waals surface area contributed by atoms with Crippen molar-refractivity contribution in [3.05, 3.63) is 12.3 Å². The Morgan fingerprint density at radius 2 is 2.27 bits per heavy atom. The van der Waals surface area contributed by atoms with E-state index in [0.29, 0.717) is 12.8 Å². The summed E-state index contributed by atoms with van der Waals surface area (Å²) in [6.07, 6.45) is 5.06. The smallest absolute Gasteiger partial charge is 0.226 e. The van der Waals surface area contributed by atoms with Crippen LogP contribution in [0.3, 0.4) is 0 Å². The quantitative estimate of drug-likeness (QED) is 0.504. The van der Waals surface area contributed by atoms with Gasteiger partial charge in [0.05, 0.1) is 0 Å². The van der Waals surface area contributed by atoms with Crippen LogP contribution in [-0.4, -0.2) is 22.6 Å². The SMILES string of the molecule is O=C1C=CN2C(=O)CC[C@H]2C1. The Morgan fingerprint density at radius 1 is 1.45 bits per heavy atom. The van der Waals surface area contributed by atoms with E-state index in [-0.39, 0.29) is 17.7 Å². The number of allylic oxidation sites excluding steroid dienone is 1. The molecule has 0 bridgehead atoms. The van der Waals surface area contributed by atoms with Crippen LogP contribution in [0.25, 0.3) is 0 Å². The van der Waals surface area contributed by atoms with Gasteiger partial charge in [-0.2, -0.15) is 0 Å². The molecular formula is C8H9NO2. The molecule has 0 N–H and O–H groups in total. The van der Waals surface area contributed by atoms with Crippen molar-refractivity contribution in [3.63, 3.8) is 0 Å². The van der Waals surface area contributed by atoms with Crippen LogP contribution < -0.4 is 0 Å². The monoisotopic (exact) mass is 151 g/mol. The zero-order chi connectivity index (χ0) is 7.84. The number of carbonyl (C=O) groups is 2. The number of hydrogen-bond donors (Lipinski definition) is 0. The minimum atomic E-state index is 0.140. The van der Waals surface area contributed by atoms with Crippen LogP contribution in [0.15, 0.2) is 12.3 Å². The molecule has 0 saturated carbocycles. The Bertz CT molecular complexity index is 244. The molecule has 0 aromatic carbocycles. The number of ketones is 1. The van der Waals surface area contributed by atoms with E-state index in [2.05, 4.69) is 0 Å². The summed E-state index contributed by atoms with van der Waals surface area (Å²) in [7, 11) is 0. The van der Waals surface area contributed by atoms with Crippen molar-refractivity contribution in [3.8, 4) is 0 Å². The second-order valence-corrected chi connectivity index (χ2v) is 2.98. The molecule has 11 heavy (non-hydrogen) atoms. The standard InChI is InChI=1S/C8H9NO2/c10-7-3-4-9-6(5-7)1-2-8(9)11/h3-4,6H,1-2,5H2/t6-/m0/s1. The summed E-state index contributed by atoms with van der Waals surface area (Å²) in [6, 6.07) is 0.167. The topological polar surface area (TPSA) is 37.4 Å². The Morgan fingerprint density at radius 3 is 3.09 bits per heavy atom. The van der Waals surface area contributed by atoms with Gasteiger partial charge in [-0.25, -0.2) is 0 Å². The Balaban J connectivity index is 2.25. The highest BCUT2D eigenvalue weighted by molar-refractivity contribution is 5.93. The average Bonchev–Trinajstić information content (AvgIpc) is 2.32. The fraction of sp³-hybridized carbons (Fsp3) is 0.500. The van der Waals surface area contributed by atoms with Gasteiger partial charge in [0, 0.05) is 25.1 Å². The summed E-state index contributed by atoms with van der Waals surface area (Å²) in [6.45, 7) is 0. The molecular weight excluding hydrogens is 142 g/mol. The summed E-state index contributed by atoms with van der Waals surface area (Å²) in [4.78, 5) is 23.6. The van der Waals surface area contributed by atoms with Gasteiger partial charge in [-0.05, 0) is 12.5 Å². The number of amides is 1. The maximum atomic E-state index is 11.1. The fourth-order valence-electron chi connectivity index (χ4n) is 1.63. The molecule has 0 spiro atoms. The third-order valence-electron chi connectivity index (χ3n) is 2.23. The van der Waals surface area contributed by atoms with Crippen LogP contribution in [0.5, 0.6) is 0 Å². The van der Waals surface area contributed by atoms with E-state index in [9.17, 15) is 9.59 Å². The third kappa shape index (κ3) is 0.964. The van der Waals surface area contributed by atoms with E-state index in [1.54, 1.807) is 11.1 Å². The normalized spacial score (nSPS) is 29.5. The molecule has 0 aromatic heterocycles. The zero-order valence-electron chi connectivity index (χ0n) is 6.12. The molecule has 1 amide bonds. The molecule has 2 heterocycles. The number of nitrogens with zero attached hydrogens (tertiary/aromatic N) is 1. The first-order chi connectivity index (χ1) is 5.27. The van der Waals surface area contributed by atoms with Crippen LogP contribution in [0.1, 0.15) is 19.3 Å². The van der Waals surface area contributed by atoms with Crippen molar-refractivity contribution in [2.75, 3.05) is 0 Å². The van der Waals surface area contributed by atoms with Crippen LogP contribution in [0, 0.1) is 0 Å². The minimum absolute atomic E-state index is 0.140. The molecule has 3 nitrogen and oxygen atoms in total. The average molecular weight is 151 g/mol. The number of fused-ring (bicyclic) bond motifs is 1. The van der Waals surface area contributed by atoms with Crippen molar-refractivity contribution in [1.82, 2.24) is 4.90 Å². The van der Waals surface area contributed by atoms with Gasteiger partial charge in [-0.3, -0.25) is 9.59 Å². The predicted molar refractivity (Wildman–Crippen MR) is 38.6 cm³/mol. The van der Waals surface area contributed by atoms with Gasteiger partial charge in [0.2, 0.25) is 5.91 Å². The maximum Gasteiger partial charge on any atom is 0.226 e. The molecule has 0 radical (unpaired) electrons. The Hall–Kier alpha value is -1.12. The van der Waals surface area contributed by atoms with Crippen LogP contribution in [0.4, 0.5) is 0 Å². The van der Waals surface area contributed by atoms with Gasteiger partial charge in [-0.1, -0.05) is 0 Å². The van der Waals surface area contributed by atoms with E-state index in [1.807, 2.05) is 0 Å². The molecule has 1 saturated heterocycles. The molecule has 2 aliphatic heterocycles. The largest absolute Gasteiger partial charge is 0.315 e. The summed E-state index contributed by atoms with van der Waals surface area (Å²) in [5, 5.41) is 0. The van der Waals surface area contributed by atoms with Crippen LogP contribution in [0.2, 0.25) is 0 Å². The Labute approximate surface area is 64.7 Å². The van der Waals surface area contributed by atoms with Crippen LogP contribution in [-0.2, 0) is 9.59 Å². The lowest BCUT2D eigenvalue weighted by Gasteiger charge is -2.22. The third-order valence-corrected chi connectivity index (χ3v) is 2.23. The molecule has 3 heteroatoms. The number of carbonyl (C=O) groups excluding carboxylic acids is 2. The zero-order valence-corrected chi connectivity index (χ0v) is 6.12. The lowest BCUT2D eigenvalue weighted by Crippen LogP contribution is -2.32. The summed E-state index contributed by atoms with van der Waals surface area (Å²) >= 11 is 0.